The van der Waals surface area contributed by atoms with Gasteiger partial charge in [0, 0.05) is 0 Å². The highest BCUT2D eigenvalue weighted by Gasteiger charge is 2.07. The van der Waals surface area contributed by atoms with Gasteiger partial charge in [0.05, 0.1) is 5.25 Å². The van der Waals surface area contributed by atoms with Crippen molar-refractivity contribution in [2.24, 2.45) is 0 Å². The van der Waals surface area contributed by atoms with Crippen LogP contribution < -0.4 is 0 Å². The maximum absolute atomic E-state index is 10.6. The monoisotopic (exact) mass is 192 g/mol. The second kappa shape index (κ2) is 7.04. The van der Waals surface area contributed by atoms with E-state index < -0.39 is 0 Å². The van der Waals surface area contributed by atoms with Crippen molar-refractivity contribution in [3.05, 3.63) is 0 Å². The molecule has 0 rings (SSSR count). The maximum Gasteiger partial charge on any atom is 0.198 e. The van der Waals surface area contributed by atoms with E-state index in [9.17, 15) is 4.79 Å². The smallest absolute Gasteiger partial charge is 0.198 e. The Balaban J connectivity index is 3.17. The molecular formula is C8H16OS2. The van der Waals surface area contributed by atoms with E-state index in [4.69, 9.17) is 0 Å². The van der Waals surface area contributed by atoms with E-state index in [2.05, 4.69) is 32.2 Å². The van der Waals surface area contributed by atoms with Gasteiger partial charge >= 0.3 is 0 Å². The normalized spacial score (nSPS) is 13.0. The SMILES string of the molecule is CCCCCCC(S)C(=O)S. The van der Waals surface area contributed by atoms with E-state index in [0.717, 1.165) is 12.8 Å². The first-order valence-corrected chi connectivity index (χ1v) is 5.05. The van der Waals surface area contributed by atoms with Crippen LogP contribution in [0.1, 0.15) is 39.0 Å². The second-order valence-electron chi connectivity index (χ2n) is 2.70. The van der Waals surface area contributed by atoms with Gasteiger partial charge in [0.1, 0.15) is 0 Å². The molecule has 1 atom stereocenters. The van der Waals surface area contributed by atoms with E-state index in [1.165, 1.54) is 19.3 Å². The molecule has 0 N–H and O–H groups in total. The van der Waals surface area contributed by atoms with E-state index in [-0.39, 0.29) is 10.4 Å². The number of unbranched alkanes of at least 4 members (excludes halogenated alkanes) is 3. The van der Waals surface area contributed by atoms with Crippen molar-refractivity contribution >= 4 is 30.4 Å². The number of hydrogen-bond donors (Lipinski definition) is 2. The molecular weight excluding hydrogens is 176 g/mol. The molecule has 0 aromatic rings. The van der Waals surface area contributed by atoms with Gasteiger partial charge in [0.2, 0.25) is 0 Å². The molecule has 0 saturated carbocycles. The van der Waals surface area contributed by atoms with Crippen molar-refractivity contribution in [3.8, 4) is 0 Å². The molecule has 0 heterocycles. The Kier molecular flexibility index (Phi) is 7.28. The molecule has 3 heteroatoms. The minimum atomic E-state index is -0.157. The summed E-state index contributed by atoms with van der Waals surface area (Å²) in [5.41, 5.74) is 0. The third kappa shape index (κ3) is 6.76. The Morgan fingerprint density at radius 1 is 1.36 bits per heavy atom. The highest BCUT2D eigenvalue weighted by atomic mass is 32.1. The van der Waals surface area contributed by atoms with Crippen molar-refractivity contribution in [2.75, 3.05) is 0 Å². The van der Waals surface area contributed by atoms with Crippen LogP contribution >= 0.6 is 25.3 Å². The van der Waals surface area contributed by atoms with Crippen LogP contribution in [-0.2, 0) is 4.79 Å². The topological polar surface area (TPSA) is 17.1 Å². The molecule has 0 amide bonds. The van der Waals surface area contributed by atoms with Gasteiger partial charge in [-0.05, 0) is 6.42 Å². The Morgan fingerprint density at radius 2 is 2.00 bits per heavy atom. The van der Waals surface area contributed by atoms with Crippen LogP contribution in [0.15, 0.2) is 0 Å². The van der Waals surface area contributed by atoms with E-state index in [0.29, 0.717) is 0 Å². The molecule has 0 saturated heterocycles. The summed E-state index contributed by atoms with van der Waals surface area (Å²) in [5, 5.41) is -0.264. The lowest BCUT2D eigenvalue weighted by atomic mass is 10.1. The zero-order valence-electron chi connectivity index (χ0n) is 6.92. The van der Waals surface area contributed by atoms with Gasteiger partial charge < -0.3 is 0 Å². The molecule has 0 aliphatic carbocycles. The fraction of sp³-hybridized carbons (Fsp3) is 0.875. The van der Waals surface area contributed by atoms with Crippen molar-refractivity contribution in [1.82, 2.24) is 0 Å². The Morgan fingerprint density at radius 3 is 2.45 bits per heavy atom. The third-order valence-corrected chi connectivity index (χ3v) is 2.62. The number of thiol groups is 2. The predicted molar refractivity (Wildman–Crippen MR) is 55.5 cm³/mol. The highest BCUT2D eigenvalue weighted by Crippen LogP contribution is 2.11. The van der Waals surface area contributed by atoms with Gasteiger partial charge in [-0.2, -0.15) is 12.6 Å². The number of carbonyl (C=O) groups excluding carboxylic acids is 1. The fourth-order valence-electron chi connectivity index (χ4n) is 0.888. The summed E-state index contributed by atoms with van der Waals surface area (Å²) in [4.78, 5) is 10.6. The summed E-state index contributed by atoms with van der Waals surface area (Å²) in [7, 11) is 0. The van der Waals surface area contributed by atoms with Crippen molar-refractivity contribution in [2.45, 2.75) is 44.3 Å². The van der Waals surface area contributed by atoms with Gasteiger partial charge in [0.25, 0.3) is 0 Å². The van der Waals surface area contributed by atoms with Crippen LogP contribution in [0, 0.1) is 0 Å². The molecule has 1 unspecified atom stereocenters. The lowest BCUT2D eigenvalue weighted by Crippen LogP contribution is -2.07. The van der Waals surface area contributed by atoms with Gasteiger partial charge in [-0.15, -0.1) is 12.6 Å². The standard InChI is InChI=1S/C8H16OS2/c1-2-3-4-5-6-7(10)8(9)11/h7,10H,2-6H2,1H3,(H,9,11). The van der Waals surface area contributed by atoms with Crippen LogP contribution in [0.5, 0.6) is 0 Å². The largest absolute Gasteiger partial charge is 0.286 e. The van der Waals surface area contributed by atoms with Gasteiger partial charge in [-0.1, -0.05) is 32.6 Å². The number of carbonyl (C=O) groups is 1. The molecule has 66 valence electrons. The average Bonchev–Trinajstić information content (AvgIpc) is 1.97. The van der Waals surface area contributed by atoms with Crippen molar-refractivity contribution in [3.63, 3.8) is 0 Å². The molecule has 0 radical (unpaired) electrons. The van der Waals surface area contributed by atoms with E-state index in [1.54, 1.807) is 0 Å². The predicted octanol–water partition coefficient (Wildman–Crippen LogP) is 2.71. The summed E-state index contributed by atoms with van der Waals surface area (Å²) >= 11 is 7.80. The van der Waals surface area contributed by atoms with Crippen molar-refractivity contribution in [1.29, 1.82) is 0 Å². The van der Waals surface area contributed by atoms with Gasteiger partial charge in [0.15, 0.2) is 5.12 Å². The zero-order valence-corrected chi connectivity index (χ0v) is 8.70. The van der Waals surface area contributed by atoms with E-state index in [1.807, 2.05) is 0 Å². The molecule has 0 aromatic carbocycles. The van der Waals surface area contributed by atoms with Gasteiger partial charge in [-0.25, -0.2) is 0 Å². The molecule has 0 spiro atoms. The fourth-order valence-corrected chi connectivity index (χ4v) is 1.20. The van der Waals surface area contributed by atoms with Crippen LogP contribution in [0.3, 0.4) is 0 Å². The van der Waals surface area contributed by atoms with Crippen LogP contribution in [0.2, 0.25) is 0 Å². The first-order valence-electron chi connectivity index (χ1n) is 4.09. The quantitative estimate of drug-likeness (QED) is 0.489. The molecule has 0 aromatic heterocycles. The van der Waals surface area contributed by atoms with Crippen LogP contribution in [-0.4, -0.2) is 10.4 Å². The van der Waals surface area contributed by atoms with Crippen molar-refractivity contribution < 1.29 is 4.79 Å². The summed E-state index contributed by atoms with van der Waals surface area (Å²) in [6, 6.07) is 0. The average molecular weight is 192 g/mol. The first-order chi connectivity index (χ1) is 5.18. The molecule has 1 nitrogen and oxygen atoms in total. The molecule has 0 aliphatic rings. The minimum absolute atomic E-state index is 0.107. The zero-order chi connectivity index (χ0) is 8.69. The van der Waals surface area contributed by atoms with E-state index >= 15 is 0 Å². The number of rotatable bonds is 6. The summed E-state index contributed by atoms with van der Waals surface area (Å²) in [5.74, 6) is 0. The summed E-state index contributed by atoms with van der Waals surface area (Å²) < 4.78 is 0. The third-order valence-electron chi connectivity index (χ3n) is 1.62. The number of hydrogen-bond acceptors (Lipinski definition) is 2. The van der Waals surface area contributed by atoms with Gasteiger partial charge in [-0.3, -0.25) is 4.79 Å². The summed E-state index contributed by atoms with van der Waals surface area (Å²) in [6.45, 7) is 2.17. The van der Waals surface area contributed by atoms with Crippen LogP contribution in [0.25, 0.3) is 0 Å². The first kappa shape index (κ1) is 11.4. The summed E-state index contributed by atoms with van der Waals surface area (Å²) in [6.07, 6.45) is 5.64. The maximum atomic E-state index is 10.6. The molecule has 0 fully saturated rings. The lowest BCUT2D eigenvalue weighted by Gasteiger charge is -2.04. The Labute approximate surface area is 79.8 Å². The van der Waals surface area contributed by atoms with Crippen LogP contribution in [0.4, 0.5) is 0 Å². The molecule has 11 heavy (non-hydrogen) atoms. The molecule has 0 bridgehead atoms. The minimum Gasteiger partial charge on any atom is -0.286 e. The highest BCUT2D eigenvalue weighted by molar-refractivity contribution is 7.99. The second-order valence-corrected chi connectivity index (χ2v) is 3.77. The molecule has 0 aliphatic heterocycles. The lowest BCUT2D eigenvalue weighted by molar-refractivity contribution is -0.110. The Bertz CT molecular complexity index is 115. The Hall–Kier alpha value is 0.370.